The Morgan fingerprint density at radius 1 is 1.35 bits per heavy atom. The van der Waals surface area contributed by atoms with Gasteiger partial charge in [0.25, 0.3) is 0 Å². The Hall–Kier alpha value is -1.53. The second kappa shape index (κ2) is 5.85. The fourth-order valence-corrected chi connectivity index (χ4v) is 2.10. The molecule has 5 nitrogen and oxygen atoms in total. The lowest BCUT2D eigenvalue weighted by Gasteiger charge is -2.24. The van der Waals surface area contributed by atoms with Crippen molar-refractivity contribution in [3.05, 3.63) is 29.8 Å². The normalized spacial score (nSPS) is 14.4. The molecule has 0 aromatic heterocycles. The average Bonchev–Trinajstić information content (AvgIpc) is 2.26. The largest absolute Gasteiger partial charge is 0.444 e. The predicted molar refractivity (Wildman–Crippen MR) is 81.9 cm³/mol. The molecule has 1 aromatic rings. The minimum absolute atomic E-state index is 0.388. The molecule has 112 valence electrons. The minimum Gasteiger partial charge on any atom is -0.444 e. The lowest BCUT2D eigenvalue weighted by atomic mass is 10.2. The van der Waals surface area contributed by atoms with E-state index in [1.54, 1.807) is 31.3 Å². The van der Waals surface area contributed by atoms with Crippen molar-refractivity contribution in [1.29, 1.82) is 0 Å². The molecular weight excluding hydrogens is 276 g/mol. The van der Waals surface area contributed by atoms with E-state index in [-0.39, 0.29) is 6.09 Å². The van der Waals surface area contributed by atoms with Gasteiger partial charge in [-0.25, -0.2) is 9.00 Å². The molecular formula is C14H22N2O3S. The van der Waals surface area contributed by atoms with E-state index in [2.05, 4.69) is 5.87 Å². The highest BCUT2D eigenvalue weighted by Gasteiger charge is 2.19. The molecule has 0 saturated carbocycles. The molecule has 6 heteroatoms. The minimum atomic E-state index is -2.69. The quantitative estimate of drug-likeness (QED) is 0.867. The number of ether oxygens (including phenoxy) is 1. The Morgan fingerprint density at radius 3 is 2.25 bits per heavy atom. The highest BCUT2D eigenvalue weighted by atomic mass is 32.2. The van der Waals surface area contributed by atoms with Crippen molar-refractivity contribution in [1.82, 2.24) is 4.90 Å². The Morgan fingerprint density at radius 2 is 1.85 bits per heavy atom. The number of hydrogen-bond acceptors (Lipinski definition) is 3. The summed E-state index contributed by atoms with van der Waals surface area (Å²) in [4.78, 5) is 13.8. The number of carbonyl (C=O) groups is 1. The number of carbonyl (C=O) groups excluding carboxylic acids is 1. The Bertz CT molecular complexity index is 571. The molecule has 0 aliphatic carbocycles. The van der Waals surface area contributed by atoms with Crippen molar-refractivity contribution in [3.8, 4) is 0 Å². The summed E-state index contributed by atoms with van der Waals surface area (Å²) in [6.45, 7) is 5.86. The summed E-state index contributed by atoms with van der Waals surface area (Å²) >= 11 is 0. The van der Waals surface area contributed by atoms with Gasteiger partial charge in [-0.15, -0.1) is 0 Å². The highest BCUT2D eigenvalue weighted by Crippen LogP contribution is 2.13. The van der Waals surface area contributed by atoms with E-state index >= 15 is 0 Å². The van der Waals surface area contributed by atoms with Crippen LogP contribution in [0.3, 0.4) is 0 Å². The van der Waals surface area contributed by atoms with Crippen LogP contribution in [-0.4, -0.2) is 33.7 Å². The van der Waals surface area contributed by atoms with Crippen LogP contribution < -0.4 is 5.14 Å². The summed E-state index contributed by atoms with van der Waals surface area (Å²) in [6, 6.07) is 6.86. The SMILES string of the molecule is C=S(N)(=O)c1ccc(CN(C)C(=O)OC(C)(C)C)cc1. The van der Waals surface area contributed by atoms with Crippen molar-refractivity contribution < 1.29 is 13.7 Å². The van der Waals surface area contributed by atoms with E-state index in [4.69, 9.17) is 9.88 Å². The maximum atomic E-state index is 11.8. The summed E-state index contributed by atoms with van der Waals surface area (Å²) in [6.07, 6.45) is -0.388. The van der Waals surface area contributed by atoms with Crippen LogP contribution in [0.2, 0.25) is 0 Å². The lowest BCUT2D eigenvalue weighted by molar-refractivity contribution is 0.0285. The third-order valence-electron chi connectivity index (χ3n) is 2.45. The number of hydrogen-bond donors (Lipinski definition) is 1. The van der Waals surface area contributed by atoms with E-state index in [1.807, 2.05) is 20.8 Å². The van der Waals surface area contributed by atoms with E-state index in [9.17, 15) is 9.00 Å². The number of benzene rings is 1. The van der Waals surface area contributed by atoms with Gasteiger partial charge in [-0.05, 0) is 44.3 Å². The Kier molecular flexibility index (Phi) is 4.83. The second-order valence-corrected chi connectivity index (χ2v) is 7.63. The summed E-state index contributed by atoms with van der Waals surface area (Å²) in [5.41, 5.74) is 0.375. The number of rotatable bonds is 3. The first-order valence-corrected chi connectivity index (χ1v) is 7.96. The van der Waals surface area contributed by atoms with Crippen LogP contribution in [-0.2, 0) is 21.0 Å². The van der Waals surface area contributed by atoms with Crippen LogP contribution in [0.1, 0.15) is 26.3 Å². The standard InChI is InChI=1S/C14H22N2O3S/c1-14(2,3)19-13(17)16(4)10-11-6-8-12(9-7-11)20(5,15)18/h6-9H,5,10H2,1-4H3,(H2,15,18). The van der Waals surface area contributed by atoms with E-state index in [0.717, 1.165) is 5.56 Å². The molecule has 0 spiro atoms. The average molecular weight is 298 g/mol. The fraction of sp³-hybridized carbons (Fsp3) is 0.429. The lowest BCUT2D eigenvalue weighted by Crippen LogP contribution is -2.33. The van der Waals surface area contributed by atoms with Crippen molar-refractivity contribution >= 4 is 21.7 Å². The van der Waals surface area contributed by atoms with Gasteiger partial charge in [0.1, 0.15) is 5.60 Å². The highest BCUT2D eigenvalue weighted by molar-refractivity contribution is 7.98. The van der Waals surface area contributed by atoms with E-state index in [1.165, 1.54) is 4.90 Å². The number of amides is 1. The smallest absolute Gasteiger partial charge is 0.410 e. The first kappa shape index (κ1) is 16.5. The van der Waals surface area contributed by atoms with Gasteiger partial charge in [0.15, 0.2) is 0 Å². The first-order chi connectivity index (χ1) is 8.99. The Balaban J connectivity index is 2.72. The molecule has 1 atom stereocenters. The predicted octanol–water partition coefficient (Wildman–Crippen LogP) is 2.00. The Labute approximate surface area is 120 Å². The van der Waals surface area contributed by atoms with Gasteiger partial charge < -0.3 is 9.64 Å². The molecule has 1 aromatic carbocycles. The van der Waals surface area contributed by atoms with Gasteiger partial charge in [0.05, 0.1) is 9.71 Å². The molecule has 0 radical (unpaired) electrons. The fourth-order valence-electron chi connectivity index (χ4n) is 1.50. The van der Waals surface area contributed by atoms with Gasteiger partial charge in [-0.3, -0.25) is 5.14 Å². The molecule has 0 aliphatic rings. The summed E-state index contributed by atoms with van der Waals surface area (Å²) < 4.78 is 16.8. The van der Waals surface area contributed by atoms with Crippen LogP contribution >= 0.6 is 0 Å². The van der Waals surface area contributed by atoms with Gasteiger partial charge in [0.2, 0.25) is 0 Å². The zero-order chi connectivity index (χ0) is 15.6. The zero-order valence-corrected chi connectivity index (χ0v) is 13.2. The third-order valence-corrected chi connectivity index (χ3v) is 3.52. The molecule has 0 bridgehead atoms. The summed E-state index contributed by atoms with van der Waals surface area (Å²) in [5.74, 6) is 3.42. The maximum Gasteiger partial charge on any atom is 0.410 e. The van der Waals surface area contributed by atoms with Gasteiger partial charge >= 0.3 is 6.09 Å². The third kappa shape index (κ3) is 5.22. The van der Waals surface area contributed by atoms with Crippen molar-refractivity contribution in [2.24, 2.45) is 5.14 Å². The van der Waals surface area contributed by atoms with Gasteiger partial charge in [0, 0.05) is 18.5 Å². The van der Waals surface area contributed by atoms with Crippen LogP contribution in [0, 0.1) is 0 Å². The number of nitrogens with two attached hydrogens (primary N) is 1. The van der Waals surface area contributed by atoms with Crippen molar-refractivity contribution in [2.45, 2.75) is 37.8 Å². The molecule has 0 heterocycles. The zero-order valence-electron chi connectivity index (χ0n) is 12.4. The molecule has 0 fully saturated rings. The molecule has 1 amide bonds. The molecule has 1 unspecified atom stereocenters. The van der Waals surface area contributed by atoms with Crippen molar-refractivity contribution in [2.75, 3.05) is 7.05 Å². The van der Waals surface area contributed by atoms with Crippen LogP contribution in [0.15, 0.2) is 29.2 Å². The van der Waals surface area contributed by atoms with Crippen LogP contribution in [0.5, 0.6) is 0 Å². The van der Waals surface area contributed by atoms with E-state index < -0.39 is 15.3 Å². The topological polar surface area (TPSA) is 72.6 Å². The maximum absolute atomic E-state index is 11.8. The van der Waals surface area contributed by atoms with Gasteiger partial charge in [-0.1, -0.05) is 12.1 Å². The first-order valence-electron chi connectivity index (χ1n) is 6.17. The molecule has 1 rings (SSSR count). The van der Waals surface area contributed by atoms with Crippen LogP contribution in [0.4, 0.5) is 4.79 Å². The second-order valence-electron chi connectivity index (χ2n) is 5.71. The van der Waals surface area contributed by atoms with Crippen molar-refractivity contribution in [3.63, 3.8) is 0 Å². The van der Waals surface area contributed by atoms with E-state index in [0.29, 0.717) is 11.4 Å². The molecule has 0 aliphatic heterocycles. The molecule has 2 N–H and O–H groups in total. The molecule has 0 saturated heterocycles. The molecule has 20 heavy (non-hydrogen) atoms. The summed E-state index contributed by atoms with van der Waals surface area (Å²) in [5, 5.41) is 5.46. The monoisotopic (exact) mass is 298 g/mol. The number of nitrogens with zero attached hydrogens (tertiary/aromatic N) is 1. The van der Waals surface area contributed by atoms with Crippen LogP contribution in [0.25, 0.3) is 0 Å². The van der Waals surface area contributed by atoms with Gasteiger partial charge in [-0.2, -0.15) is 0 Å². The summed E-state index contributed by atoms with van der Waals surface area (Å²) in [7, 11) is -1.03.